The molecule has 0 spiro atoms. The number of rotatable bonds is 4. The number of nitrogens with one attached hydrogen (secondary N) is 1. The number of aromatic nitrogens is 3. The Morgan fingerprint density at radius 1 is 1.15 bits per heavy atom. The Labute approximate surface area is 201 Å². The average Bonchev–Trinajstić information content (AvgIpc) is 3.26. The molecule has 0 aliphatic carbocycles. The lowest BCUT2D eigenvalue weighted by Crippen LogP contribution is -2.39. The summed E-state index contributed by atoms with van der Waals surface area (Å²) in [6.07, 6.45) is 5.12. The Balaban J connectivity index is 1.59. The SMILES string of the molecule is CNc1ccc(C)cc1C(=O)N1CCCCC1c1cc2nc3c(c(N(C)C)n2n1)CCCN3C. The van der Waals surface area contributed by atoms with Crippen LogP contribution in [0.1, 0.15) is 58.9 Å². The van der Waals surface area contributed by atoms with Gasteiger partial charge in [0.2, 0.25) is 0 Å². The normalized spacial score (nSPS) is 18.2. The van der Waals surface area contributed by atoms with Crippen LogP contribution in [0, 0.1) is 6.92 Å². The van der Waals surface area contributed by atoms with Crippen molar-refractivity contribution in [2.75, 3.05) is 56.4 Å². The fourth-order valence-electron chi connectivity index (χ4n) is 5.48. The maximum absolute atomic E-state index is 13.8. The molecule has 3 aromatic rings. The van der Waals surface area contributed by atoms with Gasteiger partial charge in [-0.2, -0.15) is 9.61 Å². The van der Waals surface area contributed by atoms with E-state index in [4.69, 9.17) is 10.1 Å². The van der Waals surface area contributed by atoms with Gasteiger partial charge in [-0.25, -0.2) is 4.98 Å². The molecule has 2 aromatic heterocycles. The van der Waals surface area contributed by atoms with Gasteiger partial charge in [-0.3, -0.25) is 4.79 Å². The molecule has 0 saturated carbocycles. The Hall–Kier alpha value is -3.29. The summed E-state index contributed by atoms with van der Waals surface area (Å²) in [4.78, 5) is 25.2. The highest BCUT2D eigenvalue weighted by molar-refractivity contribution is 6.00. The number of hydrogen-bond donors (Lipinski definition) is 1. The zero-order valence-electron chi connectivity index (χ0n) is 20.9. The standard InChI is InChI=1S/C26H35N7O/c1-17-11-12-20(27-2)19(15-17)26(34)32-14-7-6-10-22(32)21-16-23-28-24-18(9-8-13-31(24)5)25(30(3)4)33(23)29-21/h11-12,15-16,22,27H,6-10,13-14H2,1-5H3. The van der Waals surface area contributed by atoms with Crippen molar-refractivity contribution in [2.45, 2.75) is 45.1 Å². The lowest BCUT2D eigenvalue weighted by atomic mass is 9.97. The molecule has 1 atom stereocenters. The molecule has 1 fully saturated rings. The van der Waals surface area contributed by atoms with Crippen LogP contribution >= 0.6 is 0 Å². The summed E-state index contributed by atoms with van der Waals surface area (Å²) in [6, 6.07) is 8.03. The first-order valence-electron chi connectivity index (χ1n) is 12.3. The van der Waals surface area contributed by atoms with Crippen LogP contribution in [-0.4, -0.2) is 66.7 Å². The number of likely N-dealkylation sites (tertiary alicyclic amines) is 1. The number of benzene rings is 1. The van der Waals surface area contributed by atoms with Crippen LogP contribution in [-0.2, 0) is 6.42 Å². The number of fused-ring (bicyclic) bond motifs is 2. The van der Waals surface area contributed by atoms with Gasteiger partial charge in [0, 0.05) is 58.6 Å². The van der Waals surface area contributed by atoms with Gasteiger partial charge in [-0.15, -0.1) is 0 Å². The highest BCUT2D eigenvalue weighted by Crippen LogP contribution is 2.36. The summed E-state index contributed by atoms with van der Waals surface area (Å²) in [5, 5.41) is 8.25. The molecule has 4 heterocycles. The van der Waals surface area contributed by atoms with Gasteiger partial charge < -0.3 is 20.0 Å². The average molecular weight is 462 g/mol. The van der Waals surface area contributed by atoms with Crippen LogP contribution in [0.5, 0.6) is 0 Å². The highest BCUT2D eigenvalue weighted by Gasteiger charge is 2.33. The number of amides is 1. The minimum absolute atomic E-state index is 0.0575. The first-order valence-corrected chi connectivity index (χ1v) is 12.3. The van der Waals surface area contributed by atoms with Crippen molar-refractivity contribution in [1.82, 2.24) is 19.5 Å². The fourth-order valence-corrected chi connectivity index (χ4v) is 5.48. The van der Waals surface area contributed by atoms with E-state index in [-0.39, 0.29) is 11.9 Å². The molecule has 34 heavy (non-hydrogen) atoms. The number of carbonyl (C=O) groups is 1. The summed E-state index contributed by atoms with van der Waals surface area (Å²) in [6.45, 7) is 3.78. The van der Waals surface area contributed by atoms with E-state index < -0.39 is 0 Å². The van der Waals surface area contributed by atoms with Crippen LogP contribution in [0.4, 0.5) is 17.3 Å². The summed E-state index contributed by atoms with van der Waals surface area (Å²) in [5.41, 5.74) is 5.68. The lowest BCUT2D eigenvalue weighted by molar-refractivity contribution is 0.0606. The molecule has 1 amide bonds. The number of nitrogens with zero attached hydrogens (tertiary/aromatic N) is 6. The summed E-state index contributed by atoms with van der Waals surface area (Å²) >= 11 is 0. The van der Waals surface area contributed by atoms with Gasteiger partial charge in [0.1, 0.15) is 11.6 Å². The molecule has 5 rings (SSSR count). The second-order valence-electron chi connectivity index (χ2n) is 9.81. The molecule has 1 saturated heterocycles. The Bertz CT molecular complexity index is 1230. The maximum atomic E-state index is 13.8. The van der Waals surface area contributed by atoms with Gasteiger partial charge in [0.25, 0.3) is 5.91 Å². The minimum Gasteiger partial charge on any atom is -0.387 e. The van der Waals surface area contributed by atoms with Crippen LogP contribution in [0.3, 0.4) is 0 Å². The Kier molecular flexibility index (Phi) is 5.83. The van der Waals surface area contributed by atoms with E-state index in [1.165, 1.54) is 5.56 Å². The first-order chi connectivity index (χ1) is 16.4. The number of anilines is 3. The third-order valence-electron chi connectivity index (χ3n) is 7.16. The number of aryl methyl sites for hydroxylation is 1. The van der Waals surface area contributed by atoms with Crippen molar-refractivity contribution in [3.05, 3.63) is 46.6 Å². The second-order valence-corrected chi connectivity index (χ2v) is 9.81. The molecular formula is C26H35N7O. The Morgan fingerprint density at radius 2 is 1.97 bits per heavy atom. The van der Waals surface area contributed by atoms with Gasteiger partial charge >= 0.3 is 0 Å². The molecule has 180 valence electrons. The van der Waals surface area contributed by atoms with E-state index in [2.05, 4.69) is 42.3 Å². The van der Waals surface area contributed by atoms with Gasteiger partial charge in [0.15, 0.2) is 5.65 Å². The van der Waals surface area contributed by atoms with Gasteiger partial charge in [-0.05, 0) is 51.2 Å². The van der Waals surface area contributed by atoms with E-state index >= 15 is 0 Å². The molecule has 1 unspecified atom stereocenters. The molecule has 0 radical (unpaired) electrons. The number of carbonyl (C=O) groups excluding carboxylic acids is 1. The van der Waals surface area contributed by atoms with Crippen molar-refractivity contribution < 1.29 is 4.79 Å². The number of piperidine rings is 1. The van der Waals surface area contributed by atoms with Crippen molar-refractivity contribution in [2.24, 2.45) is 0 Å². The summed E-state index contributed by atoms with van der Waals surface area (Å²) in [7, 11) is 8.11. The largest absolute Gasteiger partial charge is 0.387 e. The van der Waals surface area contributed by atoms with Crippen LogP contribution in [0.25, 0.3) is 5.65 Å². The van der Waals surface area contributed by atoms with Crippen molar-refractivity contribution in [3.63, 3.8) is 0 Å². The van der Waals surface area contributed by atoms with Crippen molar-refractivity contribution >= 4 is 28.9 Å². The van der Waals surface area contributed by atoms with E-state index in [0.29, 0.717) is 0 Å². The first kappa shape index (κ1) is 22.5. The zero-order chi connectivity index (χ0) is 24.0. The molecular weight excluding hydrogens is 426 g/mol. The quantitative estimate of drug-likeness (QED) is 0.636. The Morgan fingerprint density at radius 3 is 2.74 bits per heavy atom. The topological polar surface area (TPSA) is 69.0 Å². The number of hydrogen-bond acceptors (Lipinski definition) is 6. The zero-order valence-corrected chi connectivity index (χ0v) is 20.9. The molecule has 8 nitrogen and oxygen atoms in total. The lowest BCUT2D eigenvalue weighted by Gasteiger charge is -2.35. The van der Waals surface area contributed by atoms with Gasteiger partial charge in [0.05, 0.1) is 17.3 Å². The minimum atomic E-state index is -0.0575. The van der Waals surface area contributed by atoms with E-state index in [9.17, 15) is 4.79 Å². The van der Waals surface area contributed by atoms with Crippen LogP contribution in [0.15, 0.2) is 24.3 Å². The summed E-state index contributed by atoms with van der Waals surface area (Å²) in [5.74, 6) is 2.20. The molecule has 0 bridgehead atoms. The van der Waals surface area contributed by atoms with Crippen LogP contribution < -0.4 is 15.1 Å². The van der Waals surface area contributed by atoms with Crippen molar-refractivity contribution in [1.29, 1.82) is 0 Å². The molecule has 8 heteroatoms. The van der Waals surface area contributed by atoms with Crippen molar-refractivity contribution in [3.8, 4) is 0 Å². The van der Waals surface area contributed by atoms with E-state index in [1.807, 2.05) is 41.6 Å². The molecule has 2 aliphatic rings. The van der Waals surface area contributed by atoms with E-state index in [0.717, 1.165) is 85.0 Å². The predicted octanol–water partition coefficient (Wildman–Crippen LogP) is 3.90. The van der Waals surface area contributed by atoms with Crippen LogP contribution in [0.2, 0.25) is 0 Å². The fraction of sp³-hybridized carbons (Fsp3) is 0.500. The highest BCUT2D eigenvalue weighted by atomic mass is 16.2. The van der Waals surface area contributed by atoms with E-state index in [1.54, 1.807) is 0 Å². The monoisotopic (exact) mass is 461 g/mol. The maximum Gasteiger partial charge on any atom is 0.256 e. The molecule has 1 N–H and O–H groups in total. The molecule has 1 aromatic carbocycles. The smallest absolute Gasteiger partial charge is 0.256 e. The third-order valence-corrected chi connectivity index (χ3v) is 7.16. The predicted molar refractivity (Wildman–Crippen MR) is 137 cm³/mol. The second kappa shape index (κ2) is 8.81. The van der Waals surface area contributed by atoms with Gasteiger partial charge in [-0.1, -0.05) is 11.6 Å². The molecule has 2 aliphatic heterocycles. The summed E-state index contributed by atoms with van der Waals surface area (Å²) < 4.78 is 1.98. The third kappa shape index (κ3) is 3.75.